The van der Waals surface area contributed by atoms with Crippen molar-refractivity contribution in [3.8, 4) is 5.75 Å². The molecule has 90 valence electrons. The van der Waals surface area contributed by atoms with Crippen molar-refractivity contribution in [2.75, 3.05) is 0 Å². The molecule has 0 aliphatic carbocycles. The summed E-state index contributed by atoms with van der Waals surface area (Å²) in [4.78, 5) is 0. The van der Waals surface area contributed by atoms with Crippen LogP contribution in [0, 0.1) is 0 Å². The summed E-state index contributed by atoms with van der Waals surface area (Å²) in [6.45, 7) is 0. The Morgan fingerprint density at radius 2 is 1.50 bits per heavy atom. The van der Waals surface area contributed by atoms with E-state index >= 15 is 0 Å². The van der Waals surface area contributed by atoms with Crippen LogP contribution < -0.4 is 0 Å². The Kier molecular flexibility index (Phi) is 2.81. The summed E-state index contributed by atoms with van der Waals surface area (Å²) in [5, 5.41) is 18.4. The van der Waals surface area contributed by atoms with E-state index in [0.717, 1.165) is 12.0 Å². The van der Waals surface area contributed by atoms with Crippen LogP contribution in [0.4, 0.5) is 0 Å². The van der Waals surface area contributed by atoms with Gasteiger partial charge in [0, 0.05) is 12.0 Å². The third kappa shape index (κ3) is 1.99. The summed E-state index contributed by atoms with van der Waals surface area (Å²) < 4.78 is 0. The zero-order valence-corrected chi connectivity index (χ0v) is 9.90. The number of rotatable bonds is 2. The highest BCUT2D eigenvalue weighted by molar-refractivity contribution is 5.35. The van der Waals surface area contributed by atoms with Crippen LogP contribution >= 0.6 is 0 Å². The van der Waals surface area contributed by atoms with Gasteiger partial charge >= 0.3 is 0 Å². The maximum Gasteiger partial charge on any atom is 0.120 e. The Balaban J connectivity index is 1.81. The normalized spacial score (nSPS) is 22.2. The first kappa shape index (κ1) is 11.0. The van der Waals surface area contributed by atoms with Gasteiger partial charge in [-0.3, -0.25) is 0 Å². The molecule has 1 aliphatic heterocycles. The highest BCUT2D eigenvalue weighted by Gasteiger charge is 2.26. The smallest absolute Gasteiger partial charge is 0.120 e. The second-order valence-electron chi connectivity index (χ2n) is 4.47. The van der Waals surface area contributed by atoms with Crippen LogP contribution in [-0.2, 0) is 0 Å². The monoisotopic (exact) mass is 238 g/mol. The first-order valence-electron chi connectivity index (χ1n) is 6.07. The van der Waals surface area contributed by atoms with E-state index in [1.54, 1.807) is 6.07 Å². The van der Waals surface area contributed by atoms with E-state index in [1.807, 2.05) is 36.4 Å². The molecule has 3 rings (SSSR count). The zero-order chi connectivity index (χ0) is 12.4. The molecule has 0 spiro atoms. The van der Waals surface area contributed by atoms with Gasteiger partial charge in [0.15, 0.2) is 0 Å². The van der Waals surface area contributed by atoms with Crippen molar-refractivity contribution >= 4 is 0 Å². The molecule has 2 unspecified atom stereocenters. The minimum absolute atomic E-state index is 0.0311. The van der Waals surface area contributed by atoms with Gasteiger partial charge in [-0.15, -0.1) is 0 Å². The third-order valence-electron chi connectivity index (χ3n) is 3.27. The molecular formula is C15H14N2O. The minimum atomic E-state index is -0.0311. The maximum atomic E-state index is 9.83. The number of phenolic OH excluding ortho intramolecular Hbond substituents is 1. The van der Waals surface area contributed by atoms with Crippen molar-refractivity contribution in [3.05, 3.63) is 65.7 Å². The lowest BCUT2D eigenvalue weighted by Gasteiger charge is -2.10. The van der Waals surface area contributed by atoms with E-state index in [9.17, 15) is 5.11 Å². The SMILES string of the molecule is Oc1ccccc1C1CC(c2ccccc2)N=N1. The Hall–Kier alpha value is -2.16. The molecule has 0 saturated heterocycles. The summed E-state index contributed by atoms with van der Waals surface area (Å²) in [7, 11) is 0. The predicted molar refractivity (Wildman–Crippen MR) is 69.5 cm³/mol. The molecular weight excluding hydrogens is 224 g/mol. The third-order valence-corrected chi connectivity index (χ3v) is 3.27. The molecule has 1 N–H and O–H groups in total. The number of azo groups is 1. The van der Waals surface area contributed by atoms with Crippen LogP contribution in [0.2, 0.25) is 0 Å². The number of aromatic hydroxyl groups is 1. The fourth-order valence-corrected chi connectivity index (χ4v) is 2.30. The van der Waals surface area contributed by atoms with Gasteiger partial charge in [-0.2, -0.15) is 10.2 Å². The summed E-state index contributed by atoms with van der Waals surface area (Å²) in [6.07, 6.45) is 0.821. The van der Waals surface area contributed by atoms with Gasteiger partial charge in [0.05, 0.1) is 6.04 Å². The highest BCUT2D eigenvalue weighted by Crippen LogP contribution is 2.40. The van der Waals surface area contributed by atoms with Crippen LogP contribution in [0.1, 0.15) is 29.6 Å². The molecule has 0 fully saturated rings. The van der Waals surface area contributed by atoms with Gasteiger partial charge in [-0.05, 0) is 11.6 Å². The van der Waals surface area contributed by atoms with Crippen molar-refractivity contribution in [3.63, 3.8) is 0 Å². The fraction of sp³-hybridized carbons (Fsp3) is 0.200. The van der Waals surface area contributed by atoms with E-state index in [0.29, 0.717) is 5.75 Å². The van der Waals surface area contributed by atoms with E-state index < -0.39 is 0 Å². The Morgan fingerprint density at radius 1 is 0.833 bits per heavy atom. The van der Waals surface area contributed by atoms with Crippen LogP contribution in [0.15, 0.2) is 64.8 Å². The lowest BCUT2D eigenvalue weighted by Crippen LogP contribution is -1.96. The molecule has 1 aliphatic rings. The van der Waals surface area contributed by atoms with Gasteiger partial charge in [0.25, 0.3) is 0 Å². The molecule has 3 heteroatoms. The van der Waals surface area contributed by atoms with Crippen LogP contribution in [-0.4, -0.2) is 5.11 Å². The van der Waals surface area contributed by atoms with E-state index in [1.165, 1.54) is 5.56 Å². The average molecular weight is 238 g/mol. The van der Waals surface area contributed by atoms with E-state index in [4.69, 9.17) is 0 Å². The van der Waals surface area contributed by atoms with Crippen molar-refractivity contribution in [2.24, 2.45) is 10.2 Å². The lowest BCUT2D eigenvalue weighted by atomic mass is 9.97. The highest BCUT2D eigenvalue weighted by atomic mass is 16.3. The number of para-hydroxylation sites is 1. The first-order valence-corrected chi connectivity index (χ1v) is 6.07. The van der Waals surface area contributed by atoms with Crippen molar-refractivity contribution < 1.29 is 5.11 Å². The molecule has 2 aromatic rings. The molecule has 3 nitrogen and oxygen atoms in total. The number of hydrogen-bond donors (Lipinski definition) is 1. The molecule has 2 aromatic carbocycles. The molecule has 1 heterocycles. The quantitative estimate of drug-likeness (QED) is 0.843. The van der Waals surface area contributed by atoms with Gasteiger partial charge in [-0.1, -0.05) is 48.5 Å². The average Bonchev–Trinajstić information content (AvgIpc) is 2.90. The molecule has 18 heavy (non-hydrogen) atoms. The largest absolute Gasteiger partial charge is 0.508 e. The van der Waals surface area contributed by atoms with Crippen LogP contribution in [0.25, 0.3) is 0 Å². The standard InChI is InChI=1S/C15H14N2O/c18-15-9-5-4-8-12(15)14-10-13(16-17-14)11-6-2-1-3-7-11/h1-9,13-14,18H,10H2. The molecule has 0 saturated carbocycles. The topological polar surface area (TPSA) is 45.0 Å². The summed E-state index contributed by atoms with van der Waals surface area (Å²) >= 11 is 0. The predicted octanol–water partition coefficient (Wildman–Crippen LogP) is 4.03. The van der Waals surface area contributed by atoms with Crippen molar-refractivity contribution in [2.45, 2.75) is 18.5 Å². The second kappa shape index (κ2) is 4.61. The number of hydrogen-bond acceptors (Lipinski definition) is 3. The van der Waals surface area contributed by atoms with E-state index in [2.05, 4.69) is 22.4 Å². The van der Waals surface area contributed by atoms with Crippen molar-refractivity contribution in [1.82, 2.24) is 0 Å². The molecule has 0 radical (unpaired) electrons. The summed E-state index contributed by atoms with van der Waals surface area (Å²) in [5.41, 5.74) is 2.04. The van der Waals surface area contributed by atoms with Gasteiger partial charge in [0.2, 0.25) is 0 Å². The maximum absolute atomic E-state index is 9.83. The summed E-state index contributed by atoms with van der Waals surface area (Å²) in [6, 6.07) is 17.6. The van der Waals surface area contributed by atoms with Gasteiger partial charge < -0.3 is 5.11 Å². The Morgan fingerprint density at radius 3 is 2.28 bits per heavy atom. The fourth-order valence-electron chi connectivity index (χ4n) is 2.30. The first-order chi connectivity index (χ1) is 8.84. The van der Waals surface area contributed by atoms with Crippen LogP contribution in [0.5, 0.6) is 5.75 Å². The second-order valence-corrected chi connectivity index (χ2v) is 4.47. The Bertz CT molecular complexity index is 566. The Labute approximate surface area is 106 Å². The lowest BCUT2D eigenvalue weighted by molar-refractivity contribution is 0.460. The van der Waals surface area contributed by atoms with Gasteiger partial charge in [0.1, 0.15) is 11.8 Å². The zero-order valence-electron chi connectivity index (χ0n) is 9.90. The van der Waals surface area contributed by atoms with Gasteiger partial charge in [-0.25, -0.2) is 0 Å². The number of phenols is 1. The molecule has 0 bridgehead atoms. The molecule has 0 amide bonds. The van der Waals surface area contributed by atoms with E-state index in [-0.39, 0.29) is 12.1 Å². The number of benzene rings is 2. The molecule has 2 atom stereocenters. The molecule has 0 aromatic heterocycles. The summed E-state index contributed by atoms with van der Waals surface area (Å²) in [5.74, 6) is 0.301. The van der Waals surface area contributed by atoms with Crippen LogP contribution in [0.3, 0.4) is 0 Å². The van der Waals surface area contributed by atoms with Crippen molar-refractivity contribution in [1.29, 1.82) is 0 Å². The minimum Gasteiger partial charge on any atom is -0.508 e. The number of nitrogens with zero attached hydrogens (tertiary/aromatic N) is 2.